The molecule has 1 aromatic rings. The van der Waals surface area contributed by atoms with Gasteiger partial charge in [-0.1, -0.05) is 12.1 Å². The van der Waals surface area contributed by atoms with Crippen molar-refractivity contribution >= 4 is 21.9 Å². The first-order valence-electron chi connectivity index (χ1n) is 6.22. The van der Waals surface area contributed by atoms with Crippen molar-refractivity contribution in [2.75, 3.05) is 0 Å². The molecule has 1 rings (SSSR count). The van der Waals surface area contributed by atoms with Crippen LogP contribution in [0.2, 0.25) is 0 Å². The minimum atomic E-state index is -4.03. The van der Waals surface area contributed by atoms with Crippen molar-refractivity contribution in [3.8, 4) is 0 Å². The fourth-order valence-corrected chi connectivity index (χ4v) is 3.31. The average Bonchev–Trinajstić information content (AvgIpc) is 2.36. The van der Waals surface area contributed by atoms with Gasteiger partial charge in [0.2, 0.25) is 15.9 Å². The molecule has 1 atom stereocenters. The van der Waals surface area contributed by atoms with Gasteiger partial charge in [-0.3, -0.25) is 4.79 Å². The summed E-state index contributed by atoms with van der Waals surface area (Å²) in [6, 6.07) is 3.30. The van der Waals surface area contributed by atoms with Crippen LogP contribution in [0.4, 0.5) is 0 Å². The first-order chi connectivity index (χ1) is 9.63. The van der Waals surface area contributed by atoms with Gasteiger partial charge in [0, 0.05) is 6.42 Å². The second kappa shape index (κ2) is 6.68. The third kappa shape index (κ3) is 4.83. The predicted octanol–water partition coefficient (Wildman–Crippen LogP) is -1.03. The molecule has 0 radical (unpaired) electrons. The fourth-order valence-electron chi connectivity index (χ4n) is 1.76. The predicted molar refractivity (Wildman–Crippen MR) is 73.5 cm³/mol. The molecule has 3 N–H and O–H groups in total. The van der Waals surface area contributed by atoms with Crippen molar-refractivity contribution < 1.29 is 23.1 Å². The number of hydrogen-bond donors (Lipinski definition) is 2. The average molecular weight is 313 g/mol. The highest BCUT2D eigenvalue weighted by Gasteiger charge is 2.23. The second-order valence-corrected chi connectivity index (χ2v) is 6.45. The van der Waals surface area contributed by atoms with E-state index >= 15 is 0 Å². The molecule has 0 aliphatic heterocycles. The van der Waals surface area contributed by atoms with Crippen molar-refractivity contribution in [2.45, 2.75) is 37.6 Å². The van der Waals surface area contributed by atoms with Gasteiger partial charge < -0.3 is 15.6 Å². The zero-order valence-electron chi connectivity index (χ0n) is 11.8. The van der Waals surface area contributed by atoms with Crippen LogP contribution in [0.25, 0.3) is 0 Å². The monoisotopic (exact) mass is 313 g/mol. The molecule has 0 fully saturated rings. The van der Waals surface area contributed by atoms with E-state index in [4.69, 9.17) is 5.73 Å². The van der Waals surface area contributed by atoms with Gasteiger partial charge >= 0.3 is 0 Å². The summed E-state index contributed by atoms with van der Waals surface area (Å²) in [5.41, 5.74) is 6.14. The molecule has 116 valence electrons. The van der Waals surface area contributed by atoms with Crippen LogP contribution in [0.3, 0.4) is 0 Å². The lowest BCUT2D eigenvalue weighted by Gasteiger charge is -2.20. The highest BCUT2D eigenvalue weighted by atomic mass is 32.2. The Balaban J connectivity index is 3.03. The lowest BCUT2D eigenvalue weighted by Crippen LogP contribution is -2.48. The fraction of sp³-hybridized carbons (Fsp3) is 0.385. The van der Waals surface area contributed by atoms with E-state index in [-0.39, 0.29) is 17.7 Å². The Bertz CT molecular complexity index is 655. The van der Waals surface area contributed by atoms with Gasteiger partial charge in [0.15, 0.2) is 0 Å². The number of aryl methyl sites for hydroxylation is 2. The van der Waals surface area contributed by atoms with Crippen LogP contribution in [0.15, 0.2) is 23.1 Å². The van der Waals surface area contributed by atoms with Gasteiger partial charge in [-0.2, -0.15) is 0 Å². The molecule has 0 saturated carbocycles. The quantitative estimate of drug-likeness (QED) is 0.664. The second-order valence-electron chi connectivity index (χ2n) is 4.77. The molecule has 1 amide bonds. The van der Waals surface area contributed by atoms with Crippen molar-refractivity contribution in [1.29, 1.82) is 0 Å². The normalized spacial score (nSPS) is 12.9. The summed E-state index contributed by atoms with van der Waals surface area (Å²) in [7, 11) is -4.03. The Labute approximate surface area is 123 Å². The van der Waals surface area contributed by atoms with Crippen LogP contribution in [0.5, 0.6) is 0 Å². The molecule has 1 aromatic carbocycles. The number of nitrogens with two attached hydrogens (primary N) is 1. The van der Waals surface area contributed by atoms with Crippen LogP contribution in [-0.4, -0.2) is 26.3 Å². The van der Waals surface area contributed by atoms with Crippen molar-refractivity contribution in [2.24, 2.45) is 5.73 Å². The number of benzene rings is 1. The minimum absolute atomic E-state index is 0.00664. The van der Waals surface area contributed by atoms with Gasteiger partial charge in [0.25, 0.3) is 0 Å². The van der Waals surface area contributed by atoms with Gasteiger partial charge in [0.1, 0.15) is 0 Å². The number of sulfonamides is 1. The molecule has 0 heterocycles. The van der Waals surface area contributed by atoms with Crippen LogP contribution >= 0.6 is 0 Å². The number of carboxylic acid groups (broad SMARTS) is 1. The number of carbonyl (C=O) groups is 2. The van der Waals surface area contributed by atoms with Crippen LogP contribution in [0, 0.1) is 13.8 Å². The highest BCUT2D eigenvalue weighted by molar-refractivity contribution is 7.89. The van der Waals surface area contributed by atoms with Gasteiger partial charge in [0.05, 0.1) is 16.9 Å². The SMILES string of the molecule is Cc1ccc(C)c(S(=O)(=O)N[C@H](CCC(N)=O)C(=O)[O-])c1. The molecular weight excluding hydrogens is 296 g/mol. The summed E-state index contributed by atoms with van der Waals surface area (Å²) in [6.07, 6.45) is -0.518. The number of nitrogens with one attached hydrogen (secondary N) is 1. The summed E-state index contributed by atoms with van der Waals surface area (Å²) in [6.45, 7) is 3.33. The lowest BCUT2D eigenvalue weighted by molar-refractivity contribution is -0.308. The number of hydrogen-bond acceptors (Lipinski definition) is 5. The Morgan fingerprint density at radius 3 is 2.48 bits per heavy atom. The minimum Gasteiger partial charge on any atom is -0.548 e. The van der Waals surface area contributed by atoms with E-state index in [1.165, 1.54) is 6.07 Å². The Hall–Kier alpha value is -1.93. The Morgan fingerprint density at radius 1 is 1.33 bits per heavy atom. The van der Waals surface area contributed by atoms with E-state index in [1.807, 2.05) is 4.72 Å². The van der Waals surface area contributed by atoms with Crippen molar-refractivity contribution in [1.82, 2.24) is 4.72 Å². The van der Waals surface area contributed by atoms with Crippen molar-refractivity contribution in [3.63, 3.8) is 0 Å². The van der Waals surface area contributed by atoms with Crippen LogP contribution in [0.1, 0.15) is 24.0 Å². The van der Waals surface area contributed by atoms with E-state index < -0.39 is 27.9 Å². The number of rotatable bonds is 7. The van der Waals surface area contributed by atoms with Crippen molar-refractivity contribution in [3.05, 3.63) is 29.3 Å². The smallest absolute Gasteiger partial charge is 0.241 e. The third-order valence-electron chi connectivity index (χ3n) is 2.89. The summed E-state index contributed by atoms with van der Waals surface area (Å²) in [5.74, 6) is -2.32. The molecule has 0 aliphatic rings. The Morgan fingerprint density at radius 2 is 1.95 bits per heavy atom. The number of aliphatic carboxylic acids is 1. The molecule has 0 aliphatic carbocycles. The van der Waals surface area contributed by atoms with E-state index in [9.17, 15) is 23.1 Å². The maximum absolute atomic E-state index is 12.2. The summed E-state index contributed by atoms with van der Waals surface area (Å²) < 4.78 is 26.5. The maximum atomic E-state index is 12.2. The molecule has 0 saturated heterocycles. The molecule has 8 heteroatoms. The molecular formula is C13H17N2O5S-. The molecule has 0 bridgehead atoms. The first-order valence-corrected chi connectivity index (χ1v) is 7.70. The lowest BCUT2D eigenvalue weighted by atomic mass is 10.2. The molecule has 0 spiro atoms. The molecule has 7 nitrogen and oxygen atoms in total. The number of carboxylic acids is 1. The molecule has 0 aromatic heterocycles. The van der Waals surface area contributed by atoms with E-state index in [1.54, 1.807) is 26.0 Å². The van der Waals surface area contributed by atoms with Gasteiger partial charge in [-0.05, 0) is 37.5 Å². The summed E-state index contributed by atoms with van der Waals surface area (Å²) in [4.78, 5) is 21.7. The van der Waals surface area contributed by atoms with Crippen LogP contribution < -0.4 is 15.6 Å². The summed E-state index contributed by atoms with van der Waals surface area (Å²) >= 11 is 0. The van der Waals surface area contributed by atoms with E-state index in [0.717, 1.165) is 5.56 Å². The first kappa shape index (κ1) is 17.1. The van der Waals surface area contributed by atoms with Crippen LogP contribution in [-0.2, 0) is 19.6 Å². The van der Waals surface area contributed by atoms with E-state index in [0.29, 0.717) is 5.56 Å². The van der Waals surface area contributed by atoms with Gasteiger partial charge in [-0.15, -0.1) is 0 Å². The Kier molecular flexibility index (Phi) is 5.45. The highest BCUT2D eigenvalue weighted by Crippen LogP contribution is 2.17. The zero-order chi connectivity index (χ0) is 16.2. The maximum Gasteiger partial charge on any atom is 0.241 e. The van der Waals surface area contributed by atoms with E-state index in [2.05, 4.69) is 0 Å². The molecule has 0 unspecified atom stereocenters. The summed E-state index contributed by atoms with van der Waals surface area (Å²) in [5, 5.41) is 11.0. The largest absolute Gasteiger partial charge is 0.548 e. The third-order valence-corrected chi connectivity index (χ3v) is 4.51. The standard InChI is InChI=1S/C13H18N2O5S/c1-8-3-4-9(2)11(7-8)21(19,20)15-10(13(17)18)5-6-12(14)16/h3-4,7,10,15H,5-6H2,1-2H3,(H2,14,16)(H,17,18)/p-1/t10-/m1/s1. The number of amides is 1. The topological polar surface area (TPSA) is 129 Å². The number of primary amides is 1. The van der Waals surface area contributed by atoms with Gasteiger partial charge in [-0.25, -0.2) is 13.1 Å². The molecule has 21 heavy (non-hydrogen) atoms. The number of carbonyl (C=O) groups excluding carboxylic acids is 2. The zero-order valence-corrected chi connectivity index (χ0v) is 12.6.